The minimum absolute atomic E-state index is 0.0299. The summed E-state index contributed by atoms with van der Waals surface area (Å²) in [5.41, 5.74) is 6.78. The van der Waals surface area contributed by atoms with E-state index in [4.69, 9.17) is 5.73 Å². The van der Waals surface area contributed by atoms with Gasteiger partial charge >= 0.3 is 6.03 Å². The molecule has 0 atom stereocenters. The van der Waals surface area contributed by atoms with E-state index in [1.807, 2.05) is 30.3 Å². The number of hydrogen-bond acceptors (Lipinski definition) is 4. The zero-order valence-corrected chi connectivity index (χ0v) is 12.3. The van der Waals surface area contributed by atoms with Crippen LogP contribution in [0.4, 0.5) is 15.6 Å². The predicted octanol–water partition coefficient (Wildman–Crippen LogP) is 3.73. The van der Waals surface area contributed by atoms with Crippen molar-refractivity contribution in [1.29, 1.82) is 0 Å². The molecule has 5 nitrogen and oxygen atoms in total. The number of aromatic nitrogens is 1. The minimum atomic E-state index is -0.699. The Bertz CT molecular complexity index is 802. The normalized spacial score (nSPS) is 10.4. The van der Waals surface area contributed by atoms with E-state index in [2.05, 4.69) is 4.98 Å². The molecule has 3 N–H and O–H groups in total. The molecule has 0 aliphatic rings. The van der Waals surface area contributed by atoms with E-state index in [0.717, 1.165) is 10.4 Å². The minimum Gasteiger partial charge on any atom is -0.506 e. The van der Waals surface area contributed by atoms with Gasteiger partial charge in [0.25, 0.3) is 0 Å². The van der Waals surface area contributed by atoms with Crippen LogP contribution in [0.2, 0.25) is 0 Å². The number of phenolic OH excluding ortho intramolecular Hbond substituents is 1. The van der Waals surface area contributed by atoms with Gasteiger partial charge in [-0.1, -0.05) is 53.8 Å². The molecule has 0 saturated heterocycles. The average Bonchev–Trinajstić information content (AvgIpc) is 2.99. The fourth-order valence-electron chi connectivity index (χ4n) is 2.07. The largest absolute Gasteiger partial charge is 0.506 e. The molecule has 0 radical (unpaired) electrons. The van der Waals surface area contributed by atoms with Crippen LogP contribution in [0.3, 0.4) is 0 Å². The molecule has 3 aromatic rings. The van der Waals surface area contributed by atoms with Crippen LogP contribution in [0.1, 0.15) is 0 Å². The van der Waals surface area contributed by atoms with Crippen molar-refractivity contribution in [1.82, 2.24) is 4.98 Å². The zero-order chi connectivity index (χ0) is 15.5. The Hall–Kier alpha value is -2.86. The first-order valence-electron chi connectivity index (χ1n) is 6.55. The lowest BCUT2D eigenvalue weighted by atomic mass is 10.2. The van der Waals surface area contributed by atoms with E-state index in [1.165, 1.54) is 22.3 Å². The van der Waals surface area contributed by atoms with Gasteiger partial charge in [0, 0.05) is 6.20 Å². The second-order valence-electron chi connectivity index (χ2n) is 4.54. The van der Waals surface area contributed by atoms with E-state index in [-0.39, 0.29) is 5.75 Å². The third kappa shape index (κ3) is 2.64. The van der Waals surface area contributed by atoms with Crippen molar-refractivity contribution in [2.24, 2.45) is 5.73 Å². The Labute approximate surface area is 131 Å². The number of carbonyl (C=O) groups is 1. The summed E-state index contributed by atoms with van der Waals surface area (Å²) in [7, 11) is 0. The SMILES string of the molecule is NC(=O)N(c1ncc(-c2ccccc2)s1)c1ccccc1O. The van der Waals surface area contributed by atoms with Crippen molar-refractivity contribution in [3.05, 3.63) is 60.8 Å². The summed E-state index contributed by atoms with van der Waals surface area (Å²) in [6, 6.07) is 15.5. The van der Waals surface area contributed by atoms with Crippen LogP contribution in [0.25, 0.3) is 10.4 Å². The van der Waals surface area contributed by atoms with Crippen molar-refractivity contribution in [2.75, 3.05) is 4.90 Å². The quantitative estimate of drug-likeness (QED) is 0.773. The lowest BCUT2D eigenvalue weighted by Gasteiger charge is -2.18. The number of nitrogens with zero attached hydrogens (tertiary/aromatic N) is 2. The molecule has 2 amide bonds. The van der Waals surface area contributed by atoms with Crippen LogP contribution >= 0.6 is 11.3 Å². The average molecular weight is 311 g/mol. The number of phenols is 1. The molecule has 0 aliphatic heterocycles. The van der Waals surface area contributed by atoms with E-state index < -0.39 is 6.03 Å². The second-order valence-corrected chi connectivity index (χ2v) is 5.54. The predicted molar refractivity (Wildman–Crippen MR) is 87.4 cm³/mol. The van der Waals surface area contributed by atoms with Gasteiger partial charge in [0.2, 0.25) is 0 Å². The van der Waals surface area contributed by atoms with Crippen LogP contribution in [-0.4, -0.2) is 16.1 Å². The molecular weight excluding hydrogens is 298 g/mol. The Morgan fingerprint density at radius 1 is 1.09 bits per heavy atom. The Morgan fingerprint density at radius 2 is 1.77 bits per heavy atom. The topological polar surface area (TPSA) is 79.5 Å². The van der Waals surface area contributed by atoms with Gasteiger partial charge in [-0.05, 0) is 17.7 Å². The molecule has 0 fully saturated rings. The third-order valence-electron chi connectivity index (χ3n) is 3.09. The molecule has 0 saturated carbocycles. The van der Waals surface area contributed by atoms with Crippen LogP contribution < -0.4 is 10.6 Å². The van der Waals surface area contributed by atoms with Crippen molar-refractivity contribution in [3.8, 4) is 16.2 Å². The number of para-hydroxylation sites is 2. The first-order chi connectivity index (χ1) is 10.7. The van der Waals surface area contributed by atoms with Crippen molar-refractivity contribution in [3.63, 3.8) is 0 Å². The standard InChI is InChI=1S/C16H13N3O2S/c17-15(21)19(12-8-4-5-9-13(12)20)16-18-10-14(22-16)11-6-2-1-3-7-11/h1-10,20H,(H2,17,21). The molecule has 1 aromatic heterocycles. The highest BCUT2D eigenvalue weighted by Gasteiger charge is 2.21. The van der Waals surface area contributed by atoms with E-state index in [0.29, 0.717) is 10.8 Å². The number of urea groups is 1. The van der Waals surface area contributed by atoms with E-state index in [9.17, 15) is 9.90 Å². The summed E-state index contributed by atoms with van der Waals surface area (Å²) in [5.74, 6) is -0.0299. The molecule has 0 bridgehead atoms. The smallest absolute Gasteiger partial charge is 0.325 e. The maximum atomic E-state index is 11.8. The van der Waals surface area contributed by atoms with Gasteiger partial charge in [0.1, 0.15) is 5.75 Å². The third-order valence-corrected chi connectivity index (χ3v) is 4.12. The second kappa shape index (κ2) is 5.87. The zero-order valence-electron chi connectivity index (χ0n) is 11.5. The molecule has 2 aromatic carbocycles. The van der Waals surface area contributed by atoms with Crippen molar-refractivity contribution < 1.29 is 9.90 Å². The molecule has 22 heavy (non-hydrogen) atoms. The van der Waals surface area contributed by atoms with Gasteiger partial charge in [-0.3, -0.25) is 0 Å². The summed E-state index contributed by atoms with van der Waals surface area (Å²) < 4.78 is 0. The van der Waals surface area contributed by atoms with Gasteiger partial charge < -0.3 is 10.8 Å². The van der Waals surface area contributed by atoms with Gasteiger partial charge in [-0.15, -0.1) is 0 Å². The number of carbonyl (C=O) groups excluding carboxylic acids is 1. The fraction of sp³-hybridized carbons (Fsp3) is 0. The van der Waals surface area contributed by atoms with Gasteiger partial charge in [-0.25, -0.2) is 14.7 Å². The highest BCUT2D eigenvalue weighted by Crippen LogP contribution is 2.37. The molecule has 110 valence electrons. The Balaban J connectivity index is 2.03. The molecule has 1 heterocycles. The van der Waals surface area contributed by atoms with Gasteiger partial charge in [-0.2, -0.15) is 0 Å². The van der Waals surface area contributed by atoms with Crippen LogP contribution in [0.15, 0.2) is 60.8 Å². The first kappa shape index (κ1) is 14.1. The van der Waals surface area contributed by atoms with Crippen LogP contribution in [0, 0.1) is 0 Å². The summed E-state index contributed by atoms with van der Waals surface area (Å²) in [6.45, 7) is 0. The maximum absolute atomic E-state index is 11.8. The number of hydrogen-bond donors (Lipinski definition) is 2. The number of anilines is 2. The number of thiazole rings is 1. The number of rotatable bonds is 3. The maximum Gasteiger partial charge on any atom is 0.325 e. The molecular formula is C16H13N3O2S. The Morgan fingerprint density at radius 3 is 2.45 bits per heavy atom. The highest BCUT2D eigenvalue weighted by molar-refractivity contribution is 7.19. The lowest BCUT2D eigenvalue weighted by Crippen LogP contribution is -2.31. The number of benzene rings is 2. The van der Waals surface area contributed by atoms with Crippen molar-refractivity contribution in [2.45, 2.75) is 0 Å². The molecule has 0 unspecified atom stereocenters. The Kier molecular flexibility index (Phi) is 3.76. The number of aromatic hydroxyl groups is 1. The molecule has 0 aliphatic carbocycles. The van der Waals surface area contributed by atoms with Crippen LogP contribution in [0.5, 0.6) is 5.75 Å². The molecule has 6 heteroatoms. The summed E-state index contributed by atoms with van der Waals surface area (Å²) in [5, 5.41) is 10.4. The molecule has 3 rings (SSSR count). The summed E-state index contributed by atoms with van der Waals surface area (Å²) in [4.78, 5) is 18.2. The van der Waals surface area contributed by atoms with Crippen LogP contribution in [-0.2, 0) is 0 Å². The highest BCUT2D eigenvalue weighted by atomic mass is 32.1. The summed E-state index contributed by atoms with van der Waals surface area (Å²) >= 11 is 1.33. The first-order valence-corrected chi connectivity index (χ1v) is 7.37. The number of nitrogens with two attached hydrogens (primary N) is 1. The lowest BCUT2D eigenvalue weighted by molar-refractivity contribution is 0.256. The van der Waals surface area contributed by atoms with E-state index >= 15 is 0 Å². The van der Waals surface area contributed by atoms with Crippen molar-refractivity contribution >= 4 is 28.2 Å². The fourth-order valence-corrected chi connectivity index (χ4v) is 3.01. The van der Waals surface area contributed by atoms with E-state index in [1.54, 1.807) is 24.4 Å². The number of amides is 2. The van der Waals surface area contributed by atoms with Gasteiger partial charge in [0.15, 0.2) is 5.13 Å². The summed E-state index contributed by atoms with van der Waals surface area (Å²) in [6.07, 6.45) is 1.69. The number of primary amides is 1. The molecule has 0 spiro atoms. The van der Waals surface area contributed by atoms with Gasteiger partial charge in [0.05, 0.1) is 10.6 Å². The monoisotopic (exact) mass is 311 g/mol.